The number of aromatic nitrogens is 2. The summed E-state index contributed by atoms with van der Waals surface area (Å²) in [5.74, 6) is 1.14. The summed E-state index contributed by atoms with van der Waals surface area (Å²) < 4.78 is 30.1. The summed E-state index contributed by atoms with van der Waals surface area (Å²) in [6, 6.07) is 1.69. The number of rotatable bonds is 3. The Kier molecular flexibility index (Phi) is 3.82. The molecule has 0 aliphatic carbocycles. The van der Waals surface area contributed by atoms with Gasteiger partial charge in [-0.15, -0.1) is 0 Å². The number of piperidine rings is 1. The van der Waals surface area contributed by atoms with E-state index < -0.39 is 10.0 Å². The fraction of sp³-hybridized carbons (Fsp3) is 0.636. The molecule has 2 rings (SSSR count). The summed E-state index contributed by atoms with van der Waals surface area (Å²) in [7, 11) is -3.14. The molecule has 1 fully saturated rings. The van der Waals surface area contributed by atoms with Crippen LogP contribution in [0.15, 0.2) is 12.3 Å². The lowest BCUT2D eigenvalue weighted by Crippen LogP contribution is -2.43. The second kappa shape index (κ2) is 5.19. The van der Waals surface area contributed by atoms with Crippen molar-refractivity contribution < 1.29 is 13.2 Å². The van der Waals surface area contributed by atoms with Gasteiger partial charge in [-0.05, 0) is 19.8 Å². The lowest BCUT2D eigenvalue weighted by Gasteiger charge is -2.30. The van der Waals surface area contributed by atoms with Crippen molar-refractivity contribution in [1.82, 2.24) is 14.3 Å². The topological polar surface area (TPSA) is 72.4 Å². The molecule has 1 aromatic rings. The maximum atomic E-state index is 11.5. The minimum Gasteiger partial charge on any atom is -0.473 e. The van der Waals surface area contributed by atoms with Gasteiger partial charge < -0.3 is 4.74 Å². The predicted molar refractivity (Wildman–Crippen MR) is 66.8 cm³/mol. The zero-order valence-electron chi connectivity index (χ0n) is 10.5. The van der Waals surface area contributed by atoms with Crippen LogP contribution in [0.4, 0.5) is 0 Å². The second-order valence-corrected chi connectivity index (χ2v) is 6.43. The van der Waals surface area contributed by atoms with Gasteiger partial charge in [0.15, 0.2) is 0 Å². The van der Waals surface area contributed by atoms with E-state index in [0.717, 1.165) is 12.8 Å². The Morgan fingerprint density at radius 1 is 1.50 bits per heavy atom. The highest BCUT2D eigenvalue weighted by molar-refractivity contribution is 7.88. The molecule has 0 saturated carbocycles. The Morgan fingerprint density at radius 3 is 2.94 bits per heavy atom. The summed E-state index contributed by atoms with van der Waals surface area (Å²) in [5, 5.41) is 0. The molecule has 0 aromatic carbocycles. The molecular formula is C11H17N3O3S. The summed E-state index contributed by atoms with van der Waals surface area (Å²) in [6.07, 6.45) is 4.37. The van der Waals surface area contributed by atoms with Gasteiger partial charge in [0.25, 0.3) is 0 Å². The smallest absolute Gasteiger partial charge is 0.216 e. The van der Waals surface area contributed by atoms with Gasteiger partial charge in [0.2, 0.25) is 15.9 Å². The van der Waals surface area contributed by atoms with Gasteiger partial charge in [0.05, 0.1) is 12.8 Å². The number of nitrogens with zero attached hydrogens (tertiary/aromatic N) is 3. The standard InChI is InChI=1S/C11H17N3O3S/c1-9-12-6-5-11(13-9)17-10-4-3-7-14(8-10)18(2,15)16/h5-6,10H,3-4,7-8H2,1-2H3/t10-/m1/s1. The Balaban J connectivity index is 2.02. The van der Waals surface area contributed by atoms with Crippen LogP contribution in [0.25, 0.3) is 0 Å². The van der Waals surface area contributed by atoms with E-state index in [1.165, 1.54) is 10.6 Å². The van der Waals surface area contributed by atoms with E-state index in [1.807, 2.05) is 0 Å². The van der Waals surface area contributed by atoms with Crippen LogP contribution in [-0.4, -0.2) is 48.1 Å². The maximum Gasteiger partial charge on any atom is 0.216 e. The lowest BCUT2D eigenvalue weighted by atomic mass is 10.1. The zero-order valence-corrected chi connectivity index (χ0v) is 11.4. The number of hydrogen-bond acceptors (Lipinski definition) is 5. The van der Waals surface area contributed by atoms with Crippen LogP contribution >= 0.6 is 0 Å². The number of sulfonamides is 1. The van der Waals surface area contributed by atoms with Gasteiger partial charge >= 0.3 is 0 Å². The largest absolute Gasteiger partial charge is 0.473 e. The van der Waals surface area contributed by atoms with E-state index in [2.05, 4.69) is 9.97 Å². The molecule has 7 heteroatoms. The van der Waals surface area contributed by atoms with Crippen LogP contribution < -0.4 is 4.74 Å². The van der Waals surface area contributed by atoms with Crippen molar-refractivity contribution in [1.29, 1.82) is 0 Å². The van der Waals surface area contributed by atoms with E-state index in [0.29, 0.717) is 24.8 Å². The predicted octanol–water partition coefficient (Wildman–Crippen LogP) is 0.588. The second-order valence-electron chi connectivity index (χ2n) is 4.45. The van der Waals surface area contributed by atoms with Crippen molar-refractivity contribution in [3.05, 3.63) is 18.1 Å². The molecule has 1 saturated heterocycles. The normalized spacial score (nSPS) is 21.8. The van der Waals surface area contributed by atoms with E-state index in [4.69, 9.17) is 4.74 Å². The molecular weight excluding hydrogens is 254 g/mol. The van der Waals surface area contributed by atoms with Gasteiger partial charge in [-0.25, -0.2) is 13.4 Å². The van der Waals surface area contributed by atoms with Crippen LogP contribution in [0.5, 0.6) is 5.88 Å². The lowest BCUT2D eigenvalue weighted by molar-refractivity contribution is 0.124. The van der Waals surface area contributed by atoms with Gasteiger partial charge in [-0.2, -0.15) is 9.29 Å². The third-order valence-corrected chi connectivity index (χ3v) is 4.12. The Bertz CT molecular complexity index is 518. The van der Waals surface area contributed by atoms with Crippen molar-refractivity contribution in [3.63, 3.8) is 0 Å². The van der Waals surface area contributed by atoms with Crippen LogP contribution in [0.3, 0.4) is 0 Å². The highest BCUT2D eigenvalue weighted by Crippen LogP contribution is 2.18. The quantitative estimate of drug-likeness (QED) is 0.804. The highest BCUT2D eigenvalue weighted by atomic mass is 32.2. The Hall–Kier alpha value is -1.21. The van der Waals surface area contributed by atoms with Crippen LogP contribution in [-0.2, 0) is 10.0 Å². The Labute approximate surface area is 107 Å². The summed E-state index contributed by atoms with van der Waals surface area (Å²) in [5.41, 5.74) is 0. The van der Waals surface area contributed by atoms with Gasteiger partial charge in [0, 0.05) is 18.8 Å². The molecule has 0 unspecified atom stereocenters. The van der Waals surface area contributed by atoms with Crippen molar-refractivity contribution in [2.75, 3.05) is 19.3 Å². The highest BCUT2D eigenvalue weighted by Gasteiger charge is 2.27. The molecule has 1 atom stereocenters. The zero-order chi connectivity index (χ0) is 13.2. The molecule has 0 amide bonds. The van der Waals surface area contributed by atoms with Gasteiger partial charge in [-0.1, -0.05) is 0 Å². The van der Waals surface area contributed by atoms with E-state index in [9.17, 15) is 8.42 Å². The molecule has 6 nitrogen and oxygen atoms in total. The van der Waals surface area contributed by atoms with Gasteiger partial charge in [0.1, 0.15) is 11.9 Å². The van der Waals surface area contributed by atoms with Crippen molar-refractivity contribution in [2.45, 2.75) is 25.9 Å². The molecule has 1 aliphatic heterocycles. The molecule has 2 heterocycles. The molecule has 1 aromatic heterocycles. The molecule has 1 aliphatic rings. The molecule has 18 heavy (non-hydrogen) atoms. The van der Waals surface area contributed by atoms with E-state index in [-0.39, 0.29) is 6.10 Å². The average molecular weight is 271 g/mol. The van der Waals surface area contributed by atoms with Crippen molar-refractivity contribution in [2.24, 2.45) is 0 Å². The molecule has 100 valence electrons. The van der Waals surface area contributed by atoms with Crippen LogP contribution in [0.1, 0.15) is 18.7 Å². The first-order valence-electron chi connectivity index (χ1n) is 5.86. The fourth-order valence-corrected chi connectivity index (χ4v) is 2.87. The maximum absolute atomic E-state index is 11.5. The van der Waals surface area contributed by atoms with Crippen LogP contribution in [0.2, 0.25) is 0 Å². The monoisotopic (exact) mass is 271 g/mol. The van der Waals surface area contributed by atoms with E-state index >= 15 is 0 Å². The summed E-state index contributed by atoms with van der Waals surface area (Å²) in [6.45, 7) is 2.75. The number of aryl methyl sites for hydroxylation is 1. The fourth-order valence-electron chi connectivity index (χ4n) is 1.97. The Morgan fingerprint density at radius 2 is 2.28 bits per heavy atom. The van der Waals surface area contributed by atoms with E-state index in [1.54, 1.807) is 19.2 Å². The average Bonchev–Trinajstić information content (AvgIpc) is 2.28. The molecule has 0 bridgehead atoms. The number of ether oxygens (including phenoxy) is 1. The minimum atomic E-state index is -3.14. The molecule has 0 N–H and O–H groups in total. The SMILES string of the molecule is Cc1nccc(O[C@@H]2CCCN(S(C)(=O)=O)C2)n1. The molecule has 0 spiro atoms. The summed E-state index contributed by atoms with van der Waals surface area (Å²) >= 11 is 0. The molecule has 0 radical (unpaired) electrons. The summed E-state index contributed by atoms with van der Waals surface area (Å²) in [4.78, 5) is 8.14. The van der Waals surface area contributed by atoms with Crippen LogP contribution in [0, 0.1) is 6.92 Å². The first kappa shape index (κ1) is 13.2. The third-order valence-electron chi connectivity index (χ3n) is 2.85. The van der Waals surface area contributed by atoms with Crippen molar-refractivity contribution in [3.8, 4) is 5.88 Å². The first-order valence-corrected chi connectivity index (χ1v) is 7.71. The third kappa shape index (κ3) is 3.39. The first-order chi connectivity index (χ1) is 8.45. The van der Waals surface area contributed by atoms with Gasteiger partial charge in [-0.3, -0.25) is 0 Å². The minimum absolute atomic E-state index is 0.136. The number of hydrogen-bond donors (Lipinski definition) is 0. The van der Waals surface area contributed by atoms with Crippen molar-refractivity contribution >= 4 is 10.0 Å².